The van der Waals surface area contributed by atoms with Crippen LogP contribution in [0.1, 0.15) is 53.9 Å². The number of nitrogens with zero attached hydrogens (tertiary/aromatic N) is 1. The molecule has 0 spiro atoms. The van der Waals surface area contributed by atoms with Gasteiger partial charge in [-0.1, -0.05) is 0 Å². The van der Waals surface area contributed by atoms with Gasteiger partial charge >= 0.3 is 6.09 Å². The number of rotatable bonds is 0. The zero-order chi connectivity index (χ0) is 11.6. The number of amides is 1. The normalized spacial score (nSPS) is 27.7. The van der Waals surface area contributed by atoms with Crippen molar-refractivity contribution in [1.29, 1.82) is 0 Å². The first-order valence-electron chi connectivity index (χ1n) is 5.82. The zero-order valence-corrected chi connectivity index (χ0v) is 10.5. The molecule has 1 fully saturated rings. The lowest BCUT2D eigenvalue weighted by Gasteiger charge is -2.39. The Labute approximate surface area is 92.8 Å². The maximum absolute atomic E-state index is 11.9. The summed E-state index contributed by atoms with van der Waals surface area (Å²) in [6.45, 7) is 9.91. The van der Waals surface area contributed by atoms with Crippen molar-refractivity contribution >= 4 is 6.09 Å². The van der Waals surface area contributed by atoms with Crippen LogP contribution in [0, 0.1) is 0 Å². The van der Waals surface area contributed by atoms with E-state index < -0.39 is 5.60 Å². The quantitative estimate of drug-likeness (QED) is 0.618. The van der Waals surface area contributed by atoms with Crippen LogP contribution >= 0.6 is 0 Å². The van der Waals surface area contributed by atoms with E-state index in [4.69, 9.17) is 4.74 Å². The van der Waals surface area contributed by atoms with Gasteiger partial charge in [0.1, 0.15) is 5.60 Å². The summed E-state index contributed by atoms with van der Waals surface area (Å²) in [6, 6.07) is 0.618. The van der Waals surface area contributed by atoms with Crippen molar-refractivity contribution in [2.75, 3.05) is 0 Å². The molecule has 0 bridgehead atoms. The van der Waals surface area contributed by atoms with E-state index in [0.717, 1.165) is 12.8 Å². The van der Waals surface area contributed by atoms with Gasteiger partial charge in [0.05, 0.1) is 0 Å². The fourth-order valence-corrected chi connectivity index (χ4v) is 2.10. The summed E-state index contributed by atoms with van der Waals surface area (Å²) in [4.78, 5) is 13.8. The number of carbonyl (C=O) groups excluding carboxylic acids is 1. The Morgan fingerprint density at radius 1 is 1.20 bits per heavy atom. The number of likely N-dealkylation sites (tertiary alicyclic amines) is 1. The highest BCUT2D eigenvalue weighted by Crippen LogP contribution is 2.24. The standard InChI is InChI=1S/C12H23NO2/c1-9-7-6-8-10(2)13(9)11(14)15-12(3,4)5/h9-10H,6-8H2,1-5H3/t9-,10-/m0/s1. The first-order chi connectivity index (χ1) is 6.81. The molecule has 3 heteroatoms. The molecule has 88 valence electrons. The van der Waals surface area contributed by atoms with Crippen molar-refractivity contribution in [3.63, 3.8) is 0 Å². The average Bonchev–Trinajstić information content (AvgIpc) is 1.99. The minimum atomic E-state index is -0.395. The highest BCUT2D eigenvalue weighted by molar-refractivity contribution is 5.69. The van der Waals surface area contributed by atoms with E-state index in [1.807, 2.05) is 25.7 Å². The Morgan fingerprint density at radius 2 is 1.67 bits per heavy atom. The minimum Gasteiger partial charge on any atom is -0.444 e. The third kappa shape index (κ3) is 3.40. The molecule has 0 N–H and O–H groups in total. The number of carbonyl (C=O) groups is 1. The van der Waals surface area contributed by atoms with Crippen LogP contribution in [0.4, 0.5) is 4.79 Å². The molecule has 3 nitrogen and oxygen atoms in total. The maximum Gasteiger partial charge on any atom is 0.410 e. The molecule has 0 aromatic rings. The van der Waals surface area contributed by atoms with Crippen LogP contribution in [0.25, 0.3) is 0 Å². The molecule has 1 aliphatic rings. The smallest absolute Gasteiger partial charge is 0.410 e. The van der Waals surface area contributed by atoms with Gasteiger partial charge in [-0.05, 0) is 53.9 Å². The van der Waals surface area contributed by atoms with Crippen molar-refractivity contribution in [2.45, 2.75) is 71.6 Å². The second-order valence-corrected chi connectivity index (χ2v) is 5.52. The average molecular weight is 213 g/mol. The van der Waals surface area contributed by atoms with Crippen molar-refractivity contribution in [1.82, 2.24) is 4.90 Å². The fraction of sp³-hybridized carbons (Fsp3) is 0.917. The van der Waals surface area contributed by atoms with Crippen molar-refractivity contribution in [3.8, 4) is 0 Å². The SMILES string of the molecule is C[C@H]1CCC[C@H](C)N1C(=O)OC(C)(C)C. The molecular formula is C12H23NO2. The molecule has 1 heterocycles. The van der Waals surface area contributed by atoms with Gasteiger partial charge in [-0.25, -0.2) is 4.79 Å². The van der Waals surface area contributed by atoms with Gasteiger partial charge in [-0.15, -0.1) is 0 Å². The van der Waals surface area contributed by atoms with Gasteiger partial charge in [-0.2, -0.15) is 0 Å². The number of hydrogen-bond acceptors (Lipinski definition) is 2. The molecule has 1 aliphatic heterocycles. The van der Waals surface area contributed by atoms with Crippen LogP contribution in [0.2, 0.25) is 0 Å². The minimum absolute atomic E-state index is 0.165. The highest BCUT2D eigenvalue weighted by Gasteiger charge is 2.32. The van der Waals surface area contributed by atoms with Gasteiger partial charge in [-0.3, -0.25) is 0 Å². The summed E-state index contributed by atoms with van der Waals surface area (Å²) in [5, 5.41) is 0. The van der Waals surface area contributed by atoms with E-state index in [1.165, 1.54) is 6.42 Å². The molecule has 0 aromatic carbocycles. The van der Waals surface area contributed by atoms with Gasteiger partial charge in [0.25, 0.3) is 0 Å². The first-order valence-corrected chi connectivity index (χ1v) is 5.82. The summed E-state index contributed by atoms with van der Waals surface area (Å²) in [6.07, 6.45) is 3.22. The lowest BCUT2D eigenvalue weighted by Crippen LogP contribution is -2.49. The molecule has 0 aromatic heterocycles. The predicted octanol–water partition coefficient (Wildman–Crippen LogP) is 3.18. The summed E-state index contributed by atoms with van der Waals surface area (Å²) in [7, 11) is 0. The Hall–Kier alpha value is -0.730. The van der Waals surface area contributed by atoms with Crippen LogP contribution in [0.5, 0.6) is 0 Å². The lowest BCUT2D eigenvalue weighted by atomic mass is 9.98. The van der Waals surface area contributed by atoms with Crippen LogP contribution < -0.4 is 0 Å². The summed E-state index contributed by atoms with van der Waals surface area (Å²) in [5.41, 5.74) is -0.395. The Balaban J connectivity index is 2.64. The third-order valence-corrected chi connectivity index (χ3v) is 2.80. The molecule has 0 saturated carbocycles. The predicted molar refractivity (Wildman–Crippen MR) is 60.8 cm³/mol. The molecule has 0 radical (unpaired) electrons. The van der Waals surface area contributed by atoms with E-state index in [0.29, 0.717) is 12.1 Å². The van der Waals surface area contributed by atoms with E-state index in [-0.39, 0.29) is 6.09 Å². The monoisotopic (exact) mass is 213 g/mol. The van der Waals surface area contributed by atoms with E-state index >= 15 is 0 Å². The number of ether oxygens (including phenoxy) is 1. The molecule has 15 heavy (non-hydrogen) atoms. The second kappa shape index (κ2) is 4.42. The van der Waals surface area contributed by atoms with Crippen LogP contribution in [0.3, 0.4) is 0 Å². The van der Waals surface area contributed by atoms with Gasteiger partial charge in [0.15, 0.2) is 0 Å². The Bertz CT molecular complexity index is 222. The summed E-state index contributed by atoms with van der Waals surface area (Å²) < 4.78 is 5.40. The molecular weight excluding hydrogens is 190 g/mol. The Kier molecular flexibility index (Phi) is 3.63. The van der Waals surface area contributed by atoms with Crippen LogP contribution in [0.15, 0.2) is 0 Å². The zero-order valence-electron chi connectivity index (χ0n) is 10.5. The van der Waals surface area contributed by atoms with Gasteiger partial charge < -0.3 is 9.64 Å². The molecule has 0 unspecified atom stereocenters. The van der Waals surface area contributed by atoms with Crippen molar-refractivity contribution in [3.05, 3.63) is 0 Å². The topological polar surface area (TPSA) is 29.5 Å². The van der Waals surface area contributed by atoms with Gasteiger partial charge in [0.2, 0.25) is 0 Å². The largest absolute Gasteiger partial charge is 0.444 e. The lowest BCUT2D eigenvalue weighted by molar-refractivity contribution is -0.0000287. The van der Waals surface area contributed by atoms with Crippen LogP contribution in [-0.2, 0) is 4.74 Å². The number of piperidine rings is 1. The Morgan fingerprint density at radius 3 is 2.07 bits per heavy atom. The van der Waals surface area contributed by atoms with Crippen molar-refractivity contribution in [2.24, 2.45) is 0 Å². The van der Waals surface area contributed by atoms with Crippen molar-refractivity contribution < 1.29 is 9.53 Å². The molecule has 1 rings (SSSR count). The van der Waals surface area contributed by atoms with E-state index in [2.05, 4.69) is 13.8 Å². The number of hydrogen-bond donors (Lipinski definition) is 0. The second-order valence-electron chi connectivity index (χ2n) is 5.52. The van der Waals surface area contributed by atoms with Crippen LogP contribution in [-0.4, -0.2) is 28.7 Å². The molecule has 2 atom stereocenters. The summed E-state index contributed by atoms with van der Waals surface area (Å²) in [5.74, 6) is 0. The fourth-order valence-electron chi connectivity index (χ4n) is 2.10. The van der Waals surface area contributed by atoms with Gasteiger partial charge in [0, 0.05) is 12.1 Å². The molecule has 1 saturated heterocycles. The van der Waals surface area contributed by atoms with E-state index in [1.54, 1.807) is 0 Å². The highest BCUT2D eigenvalue weighted by atomic mass is 16.6. The third-order valence-electron chi connectivity index (χ3n) is 2.80. The van der Waals surface area contributed by atoms with E-state index in [9.17, 15) is 4.79 Å². The molecule has 1 amide bonds. The first kappa shape index (κ1) is 12.3. The summed E-state index contributed by atoms with van der Waals surface area (Å²) >= 11 is 0. The molecule has 0 aliphatic carbocycles. The maximum atomic E-state index is 11.9.